The van der Waals surface area contributed by atoms with E-state index < -0.39 is 42.7 Å². The summed E-state index contributed by atoms with van der Waals surface area (Å²) in [7, 11) is 1.42. The van der Waals surface area contributed by atoms with Gasteiger partial charge in [0, 0.05) is 7.11 Å². The number of nitrogens with two attached hydrogens (primary N) is 2. The minimum atomic E-state index is -1.28. The first-order valence-corrected chi connectivity index (χ1v) is 8.47. The lowest BCUT2D eigenvalue weighted by molar-refractivity contribution is -0.137. The van der Waals surface area contributed by atoms with Crippen molar-refractivity contribution in [2.45, 2.75) is 43.1 Å². The first-order valence-electron chi connectivity index (χ1n) is 8.47. The molecule has 0 aliphatic carbocycles. The van der Waals surface area contributed by atoms with Crippen LogP contribution in [0.25, 0.3) is 11.2 Å². The summed E-state index contributed by atoms with van der Waals surface area (Å²) in [4.78, 5) is 22.9. The smallest absolute Gasteiger partial charge is 0.324 e. The Kier molecular flexibility index (Phi) is 5.86. The van der Waals surface area contributed by atoms with E-state index >= 15 is 0 Å². The molecule has 2 unspecified atom stereocenters. The number of anilines is 1. The maximum Gasteiger partial charge on any atom is 0.324 e. The third-order valence-electron chi connectivity index (χ3n) is 4.60. The van der Waals surface area contributed by atoms with Gasteiger partial charge < -0.3 is 36.3 Å². The number of hydrogen-bond donors (Lipinski definition) is 5. The van der Waals surface area contributed by atoms with E-state index in [-0.39, 0.29) is 12.2 Å². The number of methoxy groups -OCH3 is 1. The van der Waals surface area contributed by atoms with Crippen LogP contribution in [0, 0.1) is 0 Å². The average Bonchev–Trinajstić information content (AvgIpc) is 3.22. The molecule has 0 saturated carbocycles. The Morgan fingerprint density at radius 3 is 2.82 bits per heavy atom. The molecule has 1 aliphatic heterocycles. The summed E-state index contributed by atoms with van der Waals surface area (Å²) in [5, 5.41) is 29.8. The average molecular weight is 394 g/mol. The Balaban J connectivity index is 1.79. The Morgan fingerprint density at radius 1 is 1.39 bits per heavy atom. The van der Waals surface area contributed by atoms with Gasteiger partial charge in [0.25, 0.3) is 0 Å². The highest BCUT2D eigenvalue weighted by molar-refractivity contribution is 5.81. The molecule has 1 aliphatic rings. The Hall–Kier alpha value is -2.64. The van der Waals surface area contributed by atoms with Crippen molar-refractivity contribution in [2.75, 3.05) is 12.8 Å². The maximum atomic E-state index is 10.8. The number of fused-ring (bicyclic) bond motifs is 1. The second-order valence-electron chi connectivity index (χ2n) is 6.36. The zero-order valence-electron chi connectivity index (χ0n) is 15.0. The molecule has 3 rings (SSSR count). The van der Waals surface area contributed by atoms with Gasteiger partial charge in [-0.15, -0.1) is 0 Å². The Labute approximate surface area is 159 Å². The molecule has 152 valence electrons. The minimum Gasteiger partial charge on any atom is -0.480 e. The van der Waals surface area contributed by atoms with Crippen LogP contribution < -0.4 is 11.5 Å². The highest BCUT2D eigenvalue weighted by Gasteiger charge is 2.47. The predicted molar refractivity (Wildman–Crippen MR) is 95.8 cm³/mol. The van der Waals surface area contributed by atoms with E-state index in [2.05, 4.69) is 15.0 Å². The van der Waals surface area contributed by atoms with Crippen molar-refractivity contribution < 1.29 is 29.6 Å². The fourth-order valence-corrected chi connectivity index (χ4v) is 3.09. The summed E-state index contributed by atoms with van der Waals surface area (Å²) in [6.07, 6.45) is 0.686. The number of hydrogen-bond acceptors (Lipinski definition) is 10. The lowest BCUT2D eigenvalue weighted by atomic mass is 10.0. The van der Waals surface area contributed by atoms with Gasteiger partial charge in [0.15, 0.2) is 17.7 Å². The molecule has 28 heavy (non-hydrogen) atoms. The summed E-state index contributed by atoms with van der Waals surface area (Å²) in [5.74, 6) is -0.978. The highest BCUT2D eigenvalue weighted by atomic mass is 16.6. The molecular weight excluding hydrogens is 372 g/mol. The normalized spacial score (nSPS) is 27.4. The number of carboxylic acids is 1. The van der Waals surface area contributed by atoms with E-state index in [1.807, 2.05) is 0 Å². The molecule has 0 bridgehead atoms. The molecule has 2 aromatic rings. The van der Waals surface area contributed by atoms with E-state index in [9.17, 15) is 15.0 Å². The van der Waals surface area contributed by atoms with Crippen LogP contribution in [0.3, 0.4) is 0 Å². The van der Waals surface area contributed by atoms with Crippen molar-refractivity contribution >= 4 is 23.0 Å². The van der Waals surface area contributed by atoms with Crippen LogP contribution in [0.1, 0.15) is 12.6 Å². The maximum absolute atomic E-state index is 10.8. The van der Waals surface area contributed by atoms with Gasteiger partial charge >= 0.3 is 5.97 Å². The second-order valence-corrected chi connectivity index (χ2v) is 6.36. The first-order chi connectivity index (χ1) is 13.3. The van der Waals surface area contributed by atoms with Crippen molar-refractivity contribution in [1.29, 1.82) is 0 Å². The fourth-order valence-electron chi connectivity index (χ4n) is 3.09. The van der Waals surface area contributed by atoms with Gasteiger partial charge in [-0.1, -0.05) is 12.2 Å². The number of aliphatic hydroxyl groups excluding tert-OH is 2. The van der Waals surface area contributed by atoms with E-state index in [0.29, 0.717) is 11.2 Å². The molecule has 7 N–H and O–H groups in total. The first kappa shape index (κ1) is 20.1. The number of carbonyl (C=O) groups is 1. The van der Waals surface area contributed by atoms with E-state index in [0.717, 1.165) is 0 Å². The third-order valence-corrected chi connectivity index (χ3v) is 4.60. The molecule has 3 heterocycles. The summed E-state index contributed by atoms with van der Waals surface area (Å²) in [6, 6.07) is -1.15. The Morgan fingerprint density at radius 2 is 2.14 bits per heavy atom. The monoisotopic (exact) mass is 394 g/mol. The van der Waals surface area contributed by atoms with Crippen LogP contribution in [-0.4, -0.2) is 78.4 Å². The number of imidazole rings is 1. The lowest BCUT2D eigenvalue weighted by Gasteiger charge is -2.23. The van der Waals surface area contributed by atoms with Crippen LogP contribution in [0.4, 0.5) is 5.82 Å². The number of nitrogen functional groups attached to an aromatic ring is 1. The standard InChI is InChI=1S/C16H22N6O6/c1-27-8(4-2-3-7(17)16(25)26)12-10(23)11(24)15(28-12)22-6-21-9-13(18)19-5-20-14(9)22/h2-3,5-8,10-12,15,23-24H,4,17H2,1H3,(H,25,26)(H2,18,19,20)/b3-2-/t7?,8?,10-,11+,12+,15+/m0/s1. The number of ether oxygens (including phenoxy) is 2. The Bertz CT molecular complexity index is 872. The topological polar surface area (TPSA) is 192 Å². The summed E-state index contributed by atoms with van der Waals surface area (Å²) < 4.78 is 12.7. The number of aliphatic hydroxyl groups is 2. The van der Waals surface area contributed by atoms with E-state index in [1.54, 1.807) is 0 Å². The van der Waals surface area contributed by atoms with E-state index in [4.69, 9.17) is 26.0 Å². The lowest BCUT2D eigenvalue weighted by Crippen LogP contribution is -2.39. The molecule has 12 heteroatoms. The van der Waals surface area contributed by atoms with Gasteiger partial charge in [0.05, 0.1) is 12.4 Å². The van der Waals surface area contributed by atoms with Crippen molar-refractivity contribution in [3.63, 3.8) is 0 Å². The summed E-state index contributed by atoms with van der Waals surface area (Å²) in [6.45, 7) is 0. The van der Waals surface area contributed by atoms with Crippen molar-refractivity contribution in [3.05, 3.63) is 24.8 Å². The van der Waals surface area contributed by atoms with Crippen LogP contribution in [-0.2, 0) is 14.3 Å². The molecule has 6 atom stereocenters. The molecule has 0 aromatic carbocycles. The van der Waals surface area contributed by atoms with Gasteiger partial charge in [-0.25, -0.2) is 15.0 Å². The largest absolute Gasteiger partial charge is 0.480 e. The second kappa shape index (κ2) is 8.16. The molecule has 0 radical (unpaired) electrons. The minimum absolute atomic E-state index is 0.183. The zero-order valence-corrected chi connectivity index (χ0v) is 15.0. The highest BCUT2D eigenvalue weighted by Crippen LogP contribution is 2.34. The van der Waals surface area contributed by atoms with Crippen LogP contribution >= 0.6 is 0 Å². The van der Waals surface area contributed by atoms with Gasteiger partial charge in [0.2, 0.25) is 0 Å². The summed E-state index contributed by atoms with van der Waals surface area (Å²) in [5.41, 5.74) is 11.9. The van der Waals surface area contributed by atoms with Crippen LogP contribution in [0.2, 0.25) is 0 Å². The van der Waals surface area contributed by atoms with Gasteiger partial charge in [-0.05, 0) is 6.42 Å². The molecule has 0 amide bonds. The fraction of sp³-hybridized carbons (Fsp3) is 0.500. The molecule has 2 aromatic heterocycles. The molecule has 1 saturated heterocycles. The quantitative estimate of drug-likeness (QED) is 0.340. The number of rotatable bonds is 7. The van der Waals surface area contributed by atoms with E-state index in [1.165, 1.54) is 36.5 Å². The van der Waals surface area contributed by atoms with Crippen LogP contribution in [0.15, 0.2) is 24.8 Å². The number of aromatic nitrogens is 4. The van der Waals surface area contributed by atoms with Crippen molar-refractivity contribution in [3.8, 4) is 0 Å². The van der Waals surface area contributed by atoms with Gasteiger partial charge in [-0.3, -0.25) is 9.36 Å². The molecule has 1 fully saturated rings. The van der Waals surface area contributed by atoms with Crippen LogP contribution in [0.5, 0.6) is 0 Å². The number of nitrogens with zero attached hydrogens (tertiary/aromatic N) is 4. The predicted octanol–water partition coefficient (Wildman–Crippen LogP) is -1.60. The van der Waals surface area contributed by atoms with Crippen molar-refractivity contribution in [1.82, 2.24) is 19.5 Å². The van der Waals surface area contributed by atoms with Gasteiger partial charge in [-0.2, -0.15) is 0 Å². The third kappa shape index (κ3) is 3.68. The number of carboxylic acid groups (broad SMARTS) is 1. The molecular formula is C16H22N6O6. The van der Waals surface area contributed by atoms with Crippen molar-refractivity contribution in [2.24, 2.45) is 5.73 Å². The van der Waals surface area contributed by atoms with Gasteiger partial charge in [0.1, 0.15) is 36.2 Å². The zero-order chi connectivity index (χ0) is 20.4. The number of aliphatic carboxylic acids is 1. The molecule has 0 spiro atoms. The molecule has 12 nitrogen and oxygen atoms in total. The summed E-state index contributed by atoms with van der Waals surface area (Å²) >= 11 is 0. The SMILES string of the molecule is COC(C/C=C\C(N)C(=O)O)[C@H]1O[C@@H](n2cnc3c(N)ncnc32)[C@H](O)[C@@H]1O.